The lowest BCUT2D eigenvalue weighted by Gasteiger charge is -1.98. The molecule has 3 aromatic rings. The molecule has 0 N–H and O–H groups in total. The summed E-state index contributed by atoms with van der Waals surface area (Å²) < 4.78 is 7.34. The Hall–Kier alpha value is -2.02. The lowest BCUT2D eigenvalue weighted by molar-refractivity contribution is 0.469. The molecule has 0 saturated heterocycles. The van der Waals surface area contributed by atoms with Crippen molar-refractivity contribution in [3.8, 4) is 11.5 Å². The van der Waals surface area contributed by atoms with E-state index in [4.69, 9.17) is 4.42 Å². The fourth-order valence-electron chi connectivity index (χ4n) is 1.90. The van der Waals surface area contributed by atoms with Crippen molar-refractivity contribution < 1.29 is 4.42 Å². The smallest absolute Gasteiger partial charge is 0.247 e. The van der Waals surface area contributed by atoms with Crippen LogP contribution in [0.5, 0.6) is 0 Å². The van der Waals surface area contributed by atoms with Gasteiger partial charge in [-0.1, -0.05) is 46.3 Å². The second-order valence-electron chi connectivity index (χ2n) is 4.58. The molecule has 0 saturated carbocycles. The number of rotatable bonds is 5. The Morgan fingerprint density at radius 2 is 2.00 bits per heavy atom. The van der Waals surface area contributed by atoms with E-state index in [1.54, 1.807) is 4.68 Å². The van der Waals surface area contributed by atoms with Crippen molar-refractivity contribution in [2.75, 3.05) is 0 Å². The van der Waals surface area contributed by atoms with Gasteiger partial charge in [0, 0.05) is 5.56 Å². The Bertz CT molecular complexity index is 709. The quantitative estimate of drug-likeness (QED) is 0.662. The highest BCUT2D eigenvalue weighted by atomic mass is 79.9. The Labute approximate surface area is 130 Å². The SMILES string of the molecule is CCC(Br)c1cn(Cc2nnc(-c3ccccc3)o2)nn1. The molecule has 3 rings (SSSR count). The molecule has 0 bridgehead atoms. The molecule has 2 aromatic heterocycles. The zero-order chi connectivity index (χ0) is 14.7. The third-order valence-electron chi connectivity index (χ3n) is 3.02. The van der Waals surface area contributed by atoms with Crippen molar-refractivity contribution in [3.63, 3.8) is 0 Å². The van der Waals surface area contributed by atoms with Crippen molar-refractivity contribution in [2.45, 2.75) is 24.7 Å². The Morgan fingerprint density at radius 3 is 2.76 bits per heavy atom. The van der Waals surface area contributed by atoms with Crippen molar-refractivity contribution >= 4 is 15.9 Å². The maximum absolute atomic E-state index is 5.65. The number of hydrogen-bond acceptors (Lipinski definition) is 5. The summed E-state index contributed by atoms with van der Waals surface area (Å²) in [5, 5.41) is 16.3. The van der Waals surface area contributed by atoms with Crippen molar-refractivity contribution in [3.05, 3.63) is 48.1 Å². The summed E-state index contributed by atoms with van der Waals surface area (Å²) in [6.07, 6.45) is 2.84. The zero-order valence-electron chi connectivity index (χ0n) is 11.5. The van der Waals surface area contributed by atoms with Gasteiger partial charge in [0.25, 0.3) is 0 Å². The van der Waals surface area contributed by atoms with Crippen LogP contribution in [0.15, 0.2) is 40.9 Å². The first-order valence-corrected chi connectivity index (χ1v) is 7.59. The van der Waals surface area contributed by atoms with Crippen molar-refractivity contribution in [2.24, 2.45) is 0 Å². The molecule has 1 unspecified atom stereocenters. The van der Waals surface area contributed by atoms with Crippen LogP contribution in [0.3, 0.4) is 0 Å². The van der Waals surface area contributed by atoms with Gasteiger partial charge in [0.2, 0.25) is 11.8 Å². The Balaban J connectivity index is 1.74. The second-order valence-corrected chi connectivity index (χ2v) is 5.69. The summed E-state index contributed by atoms with van der Waals surface area (Å²) in [4.78, 5) is 0.216. The molecule has 0 aliphatic rings. The van der Waals surface area contributed by atoms with Gasteiger partial charge in [0.1, 0.15) is 6.54 Å². The fraction of sp³-hybridized carbons (Fsp3) is 0.286. The van der Waals surface area contributed by atoms with Gasteiger partial charge in [-0.2, -0.15) is 0 Å². The van der Waals surface area contributed by atoms with E-state index in [0.717, 1.165) is 17.7 Å². The number of nitrogens with zero attached hydrogens (tertiary/aromatic N) is 5. The number of alkyl halides is 1. The van der Waals surface area contributed by atoms with Crippen molar-refractivity contribution in [1.29, 1.82) is 0 Å². The minimum atomic E-state index is 0.216. The lowest BCUT2D eigenvalue weighted by atomic mass is 10.2. The van der Waals surface area contributed by atoms with E-state index in [2.05, 4.69) is 43.4 Å². The molecule has 0 aliphatic heterocycles. The van der Waals surface area contributed by atoms with Crippen molar-refractivity contribution in [1.82, 2.24) is 25.2 Å². The molecule has 0 spiro atoms. The van der Waals surface area contributed by atoms with Crippen LogP contribution in [0.25, 0.3) is 11.5 Å². The van der Waals surface area contributed by atoms with E-state index in [9.17, 15) is 0 Å². The van der Waals surface area contributed by atoms with Gasteiger partial charge in [-0.25, -0.2) is 4.68 Å². The van der Waals surface area contributed by atoms with Crippen LogP contribution in [0, 0.1) is 0 Å². The summed E-state index contributed by atoms with van der Waals surface area (Å²) in [6, 6.07) is 9.68. The maximum Gasteiger partial charge on any atom is 0.247 e. The Morgan fingerprint density at radius 1 is 1.19 bits per heavy atom. The third-order valence-corrected chi connectivity index (χ3v) is 4.14. The van der Waals surface area contributed by atoms with Gasteiger partial charge in [0.15, 0.2) is 0 Å². The molecule has 2 heterocycles. The van der Waals surface area contributed by atoms with Crippen LogP contribution in [0.1, 0.15) is 29.8 Å². The van der Waals surface area contributed by atoms with E-state index in [-0.39, 0.29) is 4.83 Å². The first-order chi connectivity index (χ1) is 10.3. The van der Waals surface area contributed by atoms with E-state index in [1.807, 2.05) is 36.5 Å². The normalized spacial score (nSPS) is 12.5. The lowest BCUT2D eigenvalue weighted by Crippen LogP contribution is -2.00. The molecular formula is C14H14BrN5O. The average Bonchev–Trinajstić information content (AvgIpc) is 3.17. The maximum atomic E-state index is 5.65. The van der Waals surface area contributed by atoms with E-state index in [1.165, 1.54) is 0 Å². The van der Waals surface area contributed by atoms with Gasteiger partial charge in [-0.3, -0.25) is 0 Å². The van der Waals surface area contributed by atoms with Crippen LogP contribution < -0.4 is 0 Å². The third kappa shape index (κ3) is 3.18. The summed E-state index contributed by atoms with van der Waals surface area (Å²) in [7, 11) is 0. The highest BCUT2D eigenvalue weighted by molar-refractivity contribution is 9.09. The van der Waals surface area contributed by atoms with Gasteiger partial charge in [0.05, 0.1) is 16.7 Å². The van der Waals surface area contributed by atoms with Crippen LogP contribution >= 0.6 is 15.9 Å². The van der Waals surface area contributed by atoms with Gasteiger partial charge >= 0.3 is 0 Å². The highest BCUT2D eigenvalue weighted by Crippen LogP contribution is 2.23. The molecule has 6 nitrogen and oxygen atoms in total. The summed E-state index contributed by atoms with van der Waals surface area (Å²) in [5.41, 5.74) is 1.81. The van der Waals surface area contributed by atoms with Crippen LogP contribution in [-0.4, -0.2) is 25.2 Å². The van der Waals surface area contributed by atoms with Crippen LogP contribution in [-0.2, 0) is 6.54 Å². The predicted molar refractivity (Wildman–Crippen MR) is 80.8 cm³/mol. The van der Waals surface area contributed by atoms with E-state index in [0.29, 0.717) is 18.3 Å². The average molecular weight is 348 g/mol. The fourth-order valence-corrected chi connectivity index (χ4v) is 2.11. The van der Waals surface area contributed by atoms with Gasteiger partial charge in [-0.05, 0) is 18.6 Å². The Kier molecular flexibility index (Phi) is 4.10. The largest absolute Gasteiger partial charge is 0.419 e. The summed E-state index contributed by atoms with van der Waals surface area (Å²) in [6.45, 7) is 2.50. The molecule has 108 valence electrons. The minimum absolute atomic E-state index is 0.216. The molecular weight excluding hydrogens is 334 g/mol. The molecule has 1 atom stereocenters. The standard InChI is InChI=1S/C14H14BrN5O/c1-2-11(15)12-8-20(19-16-12)9-13-17-18-14(21-13)10-6-4-3-5-7-10/h3-8,11H,2,9H2,1H3. The van der Waals surface area contributed by atoms with Gasteiger partial charge in [-0.15, -0.1) is 15.3 Å². The summed E-state index contributed by atoms with van der Waals surface area (Å²) in [5.74, 6) is 1.02. The monoisotopic (exact) mass is 347 g/mol. The molecule has 1 aromatic carbocycles. The molecule has 0 fully saturated rings. The number of benzene rings is 1. The minimum Gasteiger partial charge on any atom is -0.419 e. The predicted octanol–water partition coefficient (Wildman–Crippen LogP) is 3.22. The molecule has 7 heteroatoms. The number of hydrogen-bond donors (Lipinski definition) is 0. The van der Waals surface area contributed by atoms with E-state index >= 15 is 0 Å². The van der Waals surface area contributed by atoms with Gasteiger partial charge < -0.3 is 4.42 Å². The van der Waals surface area contributed by atoms with Crippen LogP contribution in [0.2, 0.25) is 0 Å². The molecule has 0 amide bonds. The highest BCUT2D eigenvalue weighted by Gasteiger charge is 2.12. The molecule has 0 aliphatic carbocycles. The zero-order valence-corrected chi connectivity index (χ0v) is 13.1. The topological polar surface area (TPSA) is 69.6 Å². The number of aromatic nitrogens is 5. The van der Waals surface area contributed by atoms with Crippen LogP contribution in [0.4, 0.5) is 0 Å². The first-order valence-electron chi connectivity index (χ1n) is 6.68. The molecule has 21 heavy (non-hydrogen) atoms. The number of halogens is 1. The summed E-state index contributed by atoms with van der Waals surface area (Å²) >= 11 is 3.55. The van der Waals surface area contributed by atoms with E-state index < -0.39 is 0 Å². The first kappa shape index (κ1) is 13.9. The second kappa shape index (κ2) is 6.17. The molecule has 0 radical (unpaired) electrons.